The molecule has 2 heterocycles. The third-order valence-corrected chi connectivity index (χ3v) is 18.3. The van der Waals surface area contributed by atoms with Crippen LogP contribution < -0.4 is 5.32 Å². The van der Waals surface area contributed by atoms with E-state index in [9.17, 15) is 45.6 Å². The predicted octanol–water partition coefficient (Wildman–Crippen LogP) is 15.7. The fraction of sp³-hybridized carbons (Fsp3) is 0.905. The van der Waals surface area contributed by atoms with Gasteiger partial charge in [-0.1, -0.05) is 320 Å². The van der Waals surface area contributed by atoms with E-state index in [4.69, 9.17) is 18.9 Å². The van der Waals surface area contributed by atoms with Crippen molar-refractivity contribution in [2.24, 2.45) is 0 Å². The summed E-state index contributed by atoms with van der Waals surface area (Å²) in [5, 5.41) is 87.5. The second-order valence-electron chi connectivity index (χ2n) is 26.4. The highest BCUT2D eigenvalue weighted by molar-refractivity contribution is 5.76. The lowest BCUT2D eigenvalue weighted by molar-refractivity contribution is -0.359. The van der Waals surface area contributed by atoms with E-state index in [-0.39, 0.29) is 18.9 Å². The van der Waals surface area contributed by atoms with Gasteiger partial charge in [0.25, 0.3) is 0 Å². The van der Waals surface area contributed by atoms with Gasteiger partial charge in [-0.15, -0.1) is 0 Å². The second-order valence-corrected chi connectivity index (χ2v) is 26.4. The molecule has 2 fully saturated rings. The highest BCUT2D eigenvalue weighted by Crippen LogP contribution is 2.30. The van der Waals surface area contributed by atoms with Gasteiger partial charge in [-0.05, 0) is 44.9 Å². The molecule has 1 amide bonds. The average Bonchev–Trinajstić information content (AvgIpc) is 2.91. The first-order chi connectivity index (χ1) is 43.1. The molecule has 0 saturated carbocycles. The average molecular weight is 1250 g/mol. The molecule has 518 valence electrons. The molecule has 12 atom stereocenters. The van der Waals surface area contributed by atoms with Crippen molar-refractivity contribution in [1.82, 2.24) is 5.32 Å². The summed E-state index contributed by atoms with van der Waals surface area (Å²) in [6.45, 7) is 2.83. The number of hydrogen-bond acceptors (Lipinski definition) is 13. The van der Waals surface area contributed by atoms with E-state index < -0.39 is 86.8 Å². The first kappa shape index (κ1) is 82.3. The molecule has 0 bridgehead atoms. The number of carbonyl (C=O) groups is 1. The summed E-state index contributed by atoms with van der Waals surface area (Å²) >= 11 is 0. The van der Waals surface area contributed by atoms with Gasteiger partial charge >= 0.3 is 0 Å². The molecule has 0 aromatic heterocycles. The van der Waals surface area contributed by atoms with Crippen molar-refractivity contribution in [3.05, 3.63) is 36.5 Å². The number of aliphatic hydroxyl groups is 8. The van der Waals surface area contributed by atoms with E-state index in [1.807, 2.05) is 6.08 Å². The maximum absolute atomic E-state index is 13.3. The van der Waals surface area contributed by atoms with Crippen LogP contribution >= 0.6 is 0 Å². The third kappa shape index (κ3) is 42.4. The monoisotopic (exact) mass is 1250 g/mol. The Labute approximate surface area is 538 Å². The Kier molecular flexibility index (Phi) is 55.2. The molecule has 2 rings (SSSR count). The van der Waals surface area contributed by atoms with Crippen molar-refractivity contribution in [1.29, 1.82) is 0 Å². The molecule has 2 aliphatic heterocycles. The van der Waals surface area contributed by atoms with Crippen molar-refractivity contribution in [3.63, 3.8) is 0 Å². The summed E-state index contributed by atoms with van der Waals surface area (Å²) in [4.78, 5) is 13.3. The zero-order valence-corrected chi connectivity index (χ0v) is 56.5. The summed E-state index contributed by atoms with van der Waals surface area (Å²) in [5.74, 6) is -0.246. The van der Waals surface area contributed by atoms with Crippen LogP contribution in [0, 0.1) is 0 Å². The molecule has 14 nitrogen and oxygen atoms in total. The number of rotatable bonds is 62. The Hall–Kier alpha value is -1.79. The summed E-state index contributed by atoms with van der Waals surface area (Å²) < 4.78 is 22.9. The number of unbranched alkanes of at least 4 members (excludes halogenated alkanes) is 45. The van der Waals surface area contributed by atoms with Gasteiger partial charge in [-0.3, -0.25) is 4.79 Å². The molecule has 0 aromatic rings. The Balaban J connectivity index is 1.68. The van der Waals surface area contributed by atoms with Gasteiger partial charge in [0.05, 0.1) is 32.0 Å². The zero-order chi connectivity index (χ0) is 63.8. The first-order valence-electron chi connectivity index (χ1n) is 37.2. The van der Waals surface area contributed by atoms with Crippen molar-refractivity contribution >= 4 is 5.91 Å². The van der Waals surface area contributed by atoms with Crippen LogP contribution in [0.15, 0.2) is 36.5 Å². The summed E-state index contributed by atoms with van der Waals surface area (Å²) in [5.41, 5.74) is 0. The SMILES string of the molecule is CCCCCCCCCCCCCCCCCCCCCC/C=C/CC/C=C/CC/C=C/C(O)C(COC1OC(CO)C(OC2OC(CO)C(O)C(O)C2O)C(O)C1O)NC(=O)CCCCCCCCCCCCCCCCCCCCCCCCCC. The van der Waals surface area contributed by atoms with Crippen molar-refractivity contribution in [2.75, 3.05) is 19.8 Å². The lowest BCUT2D eigenvalue weighted by Gasteiger charge is -2.46. The fourth-order valence-electron chi connectivity index (χ4n) is 12.4. The Bertz CT molecular complexity index is 1620. The van der Waals surface area contributed by atoms with E-state index in [1.54, 1.807) is 6.08 Å². The number of amides is 1. The molecule has 0 radical (unpaired) electrons. The molecule has 0 aliphatic carbocycles. The molecule has 0 aromatic carbocycles. The second kappa shape index (κ2) is 59.0. The summed E-state index contributed by atoms with van der Waals surface area (Å²) in [6.07, 6.45) is 59.3. The van der Waals surface area contributed by atoms with E-state index in [0.29, 0.717) is 12.8 Å². The van der Waals surface area contributed by atoms with Gasteiger partial charge in [-0.2, -0.15) is 0 Å². The smallest absolute Gasteiger partial charge is 0.220 e. The van der Waals surface area contributed by atoms with Gasteiger partial charge in [0.15, 0.2) is 12.6 Å². The lowest BCUT2D eigenvalue weighted by atomic mass is 9.97. The molecule has 0 spiro atoms. The number of allylic oxidation sites excluding steroid dienone is 5. The van der Waals surface area contributed by atoms with Crippen LogP contribution in [0.1, 0.15) is 335 Å². The zero-order valence-electron chi connectivity index (χ0n) is 56.5. The van der Waals surface area contributed by atoms with Crippen LogP contribution in [-0.4, -0.2) is 140 Å². The van der Waals surface area contributed by atoms with Gasteiger partial charge in [0.1, 0.15) is 48.8 Å². The minimum atomic E-state index is -1.79. The first-order valence-corrected chi connectivity index (χ1v) is 37.2. The molecule has 12 unspecified atom stereocenters. The van der Waals surface area contributed by atoms with Crippen LogP contribution in [-0.2, 0) is 23.7 Å². The fourth-order valence-corrected chi connectivity index (χ4v) is 12.4. The van der Waals surface area contributed by atoms with E-state index in [0.717, 1.165) is 44.9 Å². The summed E-state index contributed by atoms with van der Waals surface area (Å²) in [7, 11) is 0. The van der Waals surface area contributed by atoms with Gasteiger partial charge in [0.2, 0.25) is 5.91 Å². The van der Waals surface area contributed by atoms with Crippen LogP contribution in [0.25, 0.3) is 0 Å². The molecule has 2 aliphatic rings. The van der Waals surface area contributed by atoms with Crippen LogP contribution in [0.2, 0.25) is 0 Å². The minimum Gasteiger partial charge on any atom is -0.394 e. The number of nitrogens with one attached hydrogen (secondary N) is 1. The maximum atomic E-state index is 13.3. The molecule has 2 saturated heterocycles. The standard InChI is InChI=1S/C74H139NO13/c1-3-5-7-9-11-13-15-17-19-21-23-25-27-29-30-31-32-33-34-35-37-39-41-43-45-47-49-51-53-55-57-63(78)62(61-85-73-71(84)69(82)72(65(60-77)87-73)88-74-70(83)68(81)67(80)64(59-76)86-74)75-66(79)58-56-54-52-50-48-46-44-42-40-38-36-28-26-24-22-20-18-16-14-12-10-8-6-4-2/h39,41,47,49,55,57,62-65,67-74,76-78,80-84H,3-38,40,42-46,48,50-54,56,58-61H2,1-2H3,(H,75,79)/b41-39+,49-47+,57-55+. The van der Waals surface area contributed by atoms with Crippen LogP contribution in [0.3, 0.4) is 0 Å². The number of aliphatic hydroxyl groups excluding tert-OH is 8. The van der Waals surface area contributed by atoms with Crippen LogP contribution in [0.4, 0.5) is 0 Å². The number of carbonyl (C=O) groups excluding carboxylic acids is 1. The quantitative estimate of drug-likeness (QED) is 0.0204. The lowest BCUT2D eigenvalue weighted by Crippen LogP contribution is -2.65. The largest absolute Gasteiger partial charge is 0.394 e. The van der Waals surface area contributed by atoms with Gasteiger partial charge in [-0.25, -0.2) is 0 Å². The third-order valence-electron chi connectivity index (χ3n) is 18.3. The van der Waals surface area contributed by atoms with E-state index in [1.165, 1.54) is 257 Å². The number of ether oxygens (including phenoxy) is 4. The number of hydrogen-bond donors (Lipinski definition) is 9. The predicted molar refractivity (Wildman–Crippen MR) is 360 cm³/mol. The minimum absolute atomic E-state index is 0.246. The Morgan fingerprint density at radius 3 is 1.11 bits per heavy atom. The topological polar surface area (TPSA) is 228 Å². The van der Waals surface area contributed by atoms with Crippen molar-refractivity contribution in [3.8, 4) is 0 Å². The summed E-state index contributed by atoms with van der Waals surface area (Å²) in [6, 6.07) is -0.937. The normalized spacial score (nSPS) is 23.3. The molecule has 9 N–H and O–H groups in total. The molecular weight excluding hydrogens is 1110 g/mol. The Morgan fingerprint density at radius 1 is 0.398 bits per heavy atom. The van der Waals surface area contributed by atoms with Crippen LogP contribution in [0.5, 0.6) is 0 Å². The molecule has 14 heteroatoms. The highest BCUT2D eigenvalue weighted by Gasteiger charge is 2.51. The van der Waals surface area contributed by atoms with Gasteiger partial charge < -0.3 is 65.1 Å². The van der Waals surface area contributed by atoms with Gasteiger partial charge in [0, 0.05) is 6.42 Å². The van der Waals surface area contributed by atoms with Crippen molar-refractivity contribution < 1.29 is 64.6 Å². The van der Waals surface area contributed by atoms with E-state index in [2.05, 4.69) is 43.5 Å². The van der Waals surface area contributed by atoms with Crippen molar-refractivity contribution in [2.45, 2.75) is 408 Å². The molecular formula is C74H139NO13. The Morgan fingerprint density at radius 2 is 0.727 bits per heavy atom. The maximum Gasteiger partial charge on any atom is 0.220 e. The molecule has 88 heavy (non-hydrogen) atoms. The van der Waals surface area contributed by atoms with E-state index >= 15 is 0 Å². The highest BCUT2D eigenvalue weighted by atomic mass is 16.7.